The molecule has 2 aromatic carbocycles. The Morgan fingerprint density at radius 3 is 2.48 bits per heavy atom. The topological polar surface area (TPSA) is 77.5 Å². The Bertz CT molecular complexity index is 1070. The number of allylic oxidation sites excluding steroid dienone is 1. The summed E-state index contributed by atoms with van der Waals surface area (Å²) in [5.74, 6) is 2.01. The number of ether oxygens (including phenoxy) is 4. The fraction of sp³-hybridized carbons (Fsp3) is 0.360. The number of piperazine rings is 1. The molecule has 33 heavy (non-hydrogen) atoms. The van der Waals surface area contributed by atoms with Crippen molar-refractivity contribution < 1.29 is 28.5 Å². The largest absolute Gasteiger partial charge is 0.493 e. The molecule has 8 nitrogen and oxygen atoms in total. The van der Waals surface area contributed by atoms with Crippen LogP contribution >= 0.6 is 0 Å². The van der Waals surface area contributed by atoms with Crippen molar-refractivity contribution in [1.29, 1.82) is 0 Å². The summed E-state index contributed by atoms with van der Waals surface area (Å²) in [7, 11) is 3.12. The lowest BCUT2D eigenvalue weighted by atomic mass is 10.1. The summed E-state index contributed by atoms with van der Waals surface area (Å²) in [6.45, 7) is 6.25. The molecule has 0 N–H and O–H groups in total. The minimum Gasteiger partial charge on any atom is -0.493 e. The number of ketones is 1. The van der Waals surface area contributed by atoms with Crippen LogP contribution in [-0.4, -0.2) is 75.0 Å². The zero-order chi connectivity index (χ0) is 23.4. The van der Waals surface area contributed by atoms with Crippen LogP contribution in [0, 0.1) is 0 Å². The van der Waals surface area contributed by atoms with E-state index in [1.54, 1.807) is 50.6 Å². The Labute approximate surface area is 193 Å². The molecule has 0 aliphatic carbocycles. The number of methoxy groups -OCH3 is 2. The number of nitrogens with zero attached hydrogens (tertiary/aromatic N) is 2. The number of carbonyl (C=O) groups is 2. The average molecular weight is 453 g/mol. The lowest BCUT2D eigenvalue weighted by Gasteiger charge is -2.33. The van der Waals surface area contributed by atoms with E-state index in [9.17, 15) is 9.59 Å². The number of carbonyl (C=O) groups excluding carboxylic acids is 2. The van der Waals surface area contributed by atoms with Gasteiger partial charge in [0.1, 0.15) is 11.5 Å². The number of hydrogen-bond donors (Lipinski definition) is 0. The fourth-order valence-electron chi connectivity index (χ4n) is 3.90. The second kappa shape index (κ2) is 9.95. The Morgan fingerprint density at radius 1 is 1.03 bits per heavy atom. The zero-order valence-electron chi connectivity index (χ0n) is 19.1. The predicted molar refractivity (Wildman–Crippen MR) is 123 cm³/mol. The Balaban J connectivity index is 1.41. The first-order chi connectivity index (χ1) is 16.0. The van der Waals surface area contributed by atoms with E-state index in [1.165, 1.54) is 0 Å². The summed E-state index contributed by atoms with van der Waals surface area (Å²) < 4.78 is 22.1. The highest BCUT2D eigenvalue weighted by Crippen LogP contribution is 2.36. The number of hydrogen-bond acceptors (Lipinski definition) is 7. The molecule has 2 aliphatic rings. The van der Waals surface area contributed by atoms with Crippen molar-refractivity contribution in [3.8, 4) is 23.0 Å². The molecule has 0 spiro atoms. The molecule has 1 fully saturated rings. The third kappa shape index (κ3) is 4.96. The maximum absolute atomic E-state index is 12.8. The van der Waals surface area contributed by atoms with Gasteiger partial charge in [-0.3, -0.25) is 9.59 Å². The fourth-order valence-corrected chi connectivity index (χ4v) is 3.90. The van der Waals surface area contributed by atoms with Gasteiger partial charge in [0, 0.05) is 32.2 Å². The molecule has 2 aliphatic heterocycles. The standard InChI is InChI=1S/C25H28N2O6/c1-4-26-9-11-27(12-10-26)24(28)16-32-18-6-7-19-21(15-18)33-23(25(19)29)14-17-5-8-20(30-2)22(13-17)31-3/h5-8,13-15H,4,9-12,16H2,1-3H3. The molecule has 8 heteroatoms. The molecule has 2 aromatic rings. The van der Waals surface area contributed by atoms with Gasteiger partial charge in [-0.2, -0.15) is 0 Å². The zero-order valence-corrected chi connectivity index (χ0v) is 19.1. The second-order valence-corrected chi connectivity index (χ2v) is 7.82. The van der Waals surface area contributed by atoms with Crippen LogP contribution in [0.15, 0.2) is 42.2 Å². The van der Waals surface area contributed by atoms with Crippen molar-refractivity contribution in [2.45, 2.75) is 6.92 Å². The molecular formula is C25H28N2O6. The second-order valence-electron chi connectivity index (χ2n) is 7.82. The normalized spacial score (nSPS) is 17.0. The monoisotopic (exact) mass is 452 g/mol. The van der Waals surface area contributed by atoms with Crippen molar-refractivity contribution in [2.75, 3.05) is 53.6 Å². The number of benzene rings is 2. The number of fused-ring (bicyclic) bond motifs is 1. The summed E-state index contributed by atoms with van der Waals surface area (Å²) >= 11 is 0. The van der Waals surface area contributed by atoms with Crippen LogP contribution < -0.4 is 18.9 Å². The molecule has 0 atom stereocenters. The van der Waals surface area contributed by atoms with Crippen LogP contribution in [-0.2, 0) is 4.79 Å². The Hall–Kier alpha value is -3.52. The minimum absolute atomic E-state index is 0.0442. The van der Waals surface area contributed by atoms with Crippen LogP contribution in [0.25, 0.3) is 6.08 Å². The van der Waals surface area contributed by atoms with Gasteiger partial charge in [0.2, 0.25) is 5.78 Å². The van der Waals surface area contributed by atoms with Gasteiger partial charge in [0.25, 0.3) is 5.91 Å². The van der Waals surface area contributed by atoms with E-state index in [-0.39, 0.29) is 24.1 Å². The van der Waals surface area contributed by atoms with Crippen LogP contribution in [0.2, 0.25) is 0 Å². The van der Waals surface area contributed by atoms with Gasteiger partial charge in [-0.25, -0.2) is 0 Å². The lowest BCUT2D eigenvalue weighted by Crippen LogP contribution is -2.49. The Morgan fingerprint density at radius 2 is 1.79 bits per heavy atom. The number of likely N-dealkylation sites (N-methyl/N-ethyl adjacent to an activating group) is 1. The molecule has 0 bridgehead atoms. The molecule has 0 radical (unpaired) electrons. The predicted octanol–water partition coefficient (Wildman–Crippen LogP) is 2.86. The van der Waals surface area contributed by atoms with Crippen molar-refractivity contribution >= 4 is 17.8 Å². The summed E-state index contributed by atoms with van der Waals surface area (Å²) in [5.41, 5.74) is 1.20. The Kier molecular flexibility index (Phi) is 6.84. The van der Waals surface area contributed by atoms with E-state index in [0.29, 0.717) is 41.7 Å². The van der Waals surface area contributed by atoms with Gasteiger partial charge in [0.05, 0.1) is 19.8 Å². The van der Waals surface area contributed by atoms with Crippen LogP contribution in [0.1, 0.15) is 22.8 Å². The molecular weight excluding hydrogens is 424 g/mol. The third-order valence-electron chi connectivity index (χ3n) is 5.88. The number of Topliss-reactive ketones (excluding diaryl/α,β-unsaturated/α-hetero) is 1. The van der Waals surface area contributed by atoms with E-state index in [2.05, 4.69) is 11.8 Å². The molecule has 0 unspecified atom stereocenters. The summed E-state index contributed by atoms with van der Waals surface area (Å²) in [6.07, 6.45) is 1.66. The highest BCUT2D eigenvalue weighted by molar-refractivity contribution is 6.14. The van der Waals surface area contributed by atoms with E-state index >= 15 is 0 Å². The molecule has 0 aromatic heterocycles. The van der Waals surface area contributed by atoms with Crippen molar-refractivity contribution in [3.63, 3.8) is 0 Å². The van der Waals surface area contributed by atoms with E-state index < -0.39 is 0 Å². The smallest absolute Gasteiger partial charge is 0.260 e. The first-order valence-corrected chi connectivity index (χ1v) is 11.0. The first kappa shape index (κ1) is 22.7. The van der Waals surface area contributed by atoms with Gasteiger partial charge < -0.3 is 28.7 Å². The molecule has 0 saturated carbocycles. The van der Waals surface area contributed by atoms with E-state index in [4.69, 9.17) is 18.9 Å². The minimum atomic E-state index is -0.212. The van der Waals surface area contributed by atoms with Gasteiger partial charge in [-0.1, -0.05) is 13.0 Å². The maximum atomic E-state index is 12.8. The number of rotatable bonds is 7. The molecule has 1 saturated heterocycles. The summed E-state index contributed by atoms with van der Waals surface area (Å²) in [6, 6.07) is 10.3. The number of amides is 1. The first-order valence-electron chi connectivity index (χ1n) is 11.0. The summed E-state index contributed by atoms with van der Waals surface area (Å²) in [5, 5.41) is 0. The van der Waals surface area contributed by atoms with Crippen LogP contribution in [0.5, 0.6) is 23.0 Å². The van der Waals surface area contributed by atoms with Crippen LogP contribution in [0.4, 0.5) is 0 Å². The molecule has 174 valence electrons. The van der Waals surface area contributed by atoms with Gasteiger partial charge in [-0.15, -0.1) is 0 Å². The maximum Gasteiger partial charge on any atom is 0.260 e. The quantitative estimate of drug-likeness (QED) is 0.598. The SMILES string of the molecule is CCN1CCN(C(=O)COc2ccc3c(c2)OC(=Cc2ccc(OC)c(OC)c2)C3=O)CC1. The van der Waals surface area contributed by atoms with Gasteiger partial charge in [0.15, 0.2) is 23.9 Å². The highest BCUT2D eigenvalue weighted by Gasteiger charge is 2.28. The van der Waals surface area contributed by atoms with E-state index in [0.717, 1.165) is 25.2 Å². The highest BCUT2D eigenvalue weighted by atomic mass is 16.5. The van der Waals surface area contributed by atoms with E-state index in [1.807, 2.05) is 11.0 Å². The lowest BCUT2D eigenvalue weighted by molar-refractivity contribution is -0.135. The van der Waals surface area contributed by atoms with Crippen molar-refractivity contribution in [1.82, 2.24) is 9.80 Å². The molecule has 4 rings (SSSR count). The molecule has 1 amide bonds. The van der Waals surface area contributed by atoms with Crippen molar-refractivity contribution in [3.05, 3.63) is 53.3 Å². The van der Waals surface area contributed by atoms with Gasteiger partial charge >= 0.3 is 0 Å². The third-order valence-corrected chi connectivity index (χ3v) is 5.88. The van der Waals surface area contributed by atoms with Crippen molar-refractivity contribution in [2.24, 2.45) is 0 Å². The molecule has 2 heterocycles. The average Bonchev–Trinajstić information content (AvgIpc) is 3.16. The van der Waals surface area contributed by atoms with Gasteiger partial charge in [-0.05, 0) is 42.4 Å². The van der Waals surface area contributed by atoms with Crippen LogP contribution in [0.3, 0.4) is 0 Å². The summed E-state index contributed by atoms with van der Waals surface area (Å²) in [4.78, 5) is 29.4.